The summed E-state index contributed by atoms with van der Waals surface area (Å²) in [4.78, 5) is 5.34. The number of hydrogen-bond acceptors (Lipinski definition) is 3. The van der Waals surface area contributed by atoms with E-state index < -0.39 is 0 Å². The molecule has 0 spiro atoms. The molecular weight excluding hydrogens is 248 g/mol. The lowest BCUT2D eigenvalue weighted by Gasteiger charge is -2.46. The van der Waals surface area contributed by atoms with Crippen molar-refractivity contribution < 1.29 is 5.11 Å². The molecular formula is C17H26N2O. The van der Waals surface area contributed by atoms with Crippen LogP contribution in [0.4, 0.5) is 0 Å². The van der Waals surface area contributed by atoms with Gasteiger partial charge in [-0.15, -0.1) is 0 Å². The Morgan fingerprint density at radius 2 is 1.95 bits per heavy atom. The van der Waals surface area contributed by atoms with Crippen LogP contribution >= 0.6 is 0 Å². The molecule has 0 aliphatic carbocycles. The van der Waals surface area contributed by atoms with Gasteiger partial charge in [0.05, 0.1) is 0 Å². The van der Waals surface area contributed by atoms with Gasteiger partial charge in [0.2, 0.25) is 0 Å². The number of phenolic OH excluding ortho intramolecular Hbond substituents is 1. The van der Waals surface area contributed by atoms with Crippen molar-refractivity contribution in [2.24, 2.45) is 0 Å². The Morgan fingerprint density at radius 1 is 1.15 bits per heavy atom. The summed E-state index contributed by atoms with van der Waals surface area (Å²) < 4.78 is 0. The van der Waals surface area contributed by atoms with Crippen molar-refractivity contribution in [1.82, 2.24) is 9.80 Å². The topological polar surface area (TPSA) is 26.7 Å². The van der Waals surface area contributed by atoms with Gasteiger partial charge in [-0.25, -0.2) is 0 Å². The smallest absolute Gasteiger partial charge is 0.115 e. The predicted molar refractivity (Wildman–Crippen MR) is 81.9 cm³/mol. The Kier molecular flexibility index (Phi) is 4.27. The van der Waals surface area contributed by atoms with Gasteiger partial charge in [0.25, 0.3) is 0 Å². The van der Waals surface area contributed by atoms with Gasteiger partial charge in [-0.2, -0.15) is 0 Å². The average Bonchev–Trinajstić information content (AvgIpc) is 2.50. The average molecular weight is 274 g/mol. The molecule has 3 heteroatoms. The van der Waals surface area contributed by atoms with E-state index in [1.807, 2.05) is 12.1 Å². The van der Waals surface area contributed by atoms with E-state index in [1.165, 1.54) is 51.0 Å². The number of rotatable bonds is 3. The van der Waals surface area contributed by atoms with Gasteiger partial charge < -0.3 is 5.11 Å². The van der Waals surface area contributed by atoms with Crippen LogP contribution in [0.2, 0.25) is 0 Å². The number of fused-ring (bicyclic) bond motifs is 1. The molecule has 2 fully saturated rings. The molecule has 3 nitrogen and oxygen atoms in total. The number of piperidine rings is 1. The third kappa shape index (κ3) is 2.84. The summed E-state index contributed by atoms with van der Waals surface area (Å²) in [5.74, 6) is 0.362. The molecule has 1 aromatic rings. The first-order valence-corrected chi connectivity index (χ1v) is 8.05. The van der Waals surface area contributed by atoms with E-state index in [9.17, 15) is 5.11 Å². The minimum atomic E-state index is 0.362. The third-order valence-corrected chi connectivity index (χ3v) is 4.97. The summed E-state index contributed by atoms with van der Waals surface area (Å²) in [6.07, 6.45) is 5.27. The maximum Gasteiger partial charge on any atom is 0.115 e. The van der Waals surface area contributed by atoms with Crippen molar-refractivity contribution >= 4 is 0 Å². The lowest BCUT2D eigenvalue weighted by Crippen LogP contribution is -2.55. The Labute approximate surface area is 122 Å². The Balaban J connectivity index is 1.71. The molecule has 3 rings (SSSR count). The normalized spacial score (nSPS) is 26.1. The largest absolute Gasteiger partial charge is 0.508 e. The van der Waals surface area contributed by atoms with Crippen molar-refractivity contribution in [3.63, 3.8) is 0 Å². The fourth-order valence-electron chi connectivity index (χ4n) is 3.86. The SMILES string of the molecule is CCC(c1ccc(O)cc1)N1CCN2CCCCC2C1. The fraction of sp³-hybridized carbons (Fsp3) is 0.647. The molecule has 2 aliphatic rings. The minimum Gasteiger partial charge on any atom is -0.508 e. The summed E-state index contributed by atoms with van der Waals surface area (Å²) in [6, 6.07) is 9.06. The van der Waals surface area contributed by atoms with Gasteiger partial charge in [-0.1, -0.05) is 25.5 Å². The van der Waals surface area contributed by atoms with Gasteiger partial charge in [0.15, 0.2) is 0 Å². The lowest BCUT2D eigenvalue weighted by molar-refractivity contribution is 0.0258. The fourth-order valence-corrected chi connectivity index (χ4v) is 3.86. The van der Waals surface area contributed by atoms with Crippen LogP contribution in [0, 0.1) is 0 Å². The molecule has 1 N–H and O–H groups in total. The third-order valence-electron chi connectivity index (χ3n) is 4.97. The van der Waals surface area contributed by atoms with Gasteiger partial charge in [0.1, 0.15) is 5.75 Å². The zero-order valence-corrected chi connectivity index (χ0v) is 12.5. The van der Waals surface area contributed by atoms with Crippen LogP contribution in [0.5, 0.6) is 5.75 Å². The number of piperazine rings is 1. The zero-order chi connectivity index (χ0) is 13.9. The second-order valence-electron chi connectivity index (χ2n) is 6.20. The number of aromatic hydroxyl groups is 1. The molecule has 0 amide bonds. The molecule has 0 bridgehead atoms. The highest BCUT2D eigenvalue weighted by Crippen LogP contribution is 2.30. The van der Waals surface area contributed by atoms with E-state index in [1.54, 1.807) is 0 Å². The van der Waals surface area contributed by atoms with Gasteiger partial charge in [0, 0.05) is 31.7 Å². The summed E-state index contributed by atoms with van der Waals surface area (Å²) in [6.45, 7) is 7.17. The van der Waals surface area contributed by atoms with Crippen LogP contribution in [0.3, 0.4) is 0 Å². The van der Waals surface area contributed by atoms with E-state index in [0.29, 0.717) is 11.8 Å². The van der Waals surface area contributed by atoms with Crippen LogP contribution in [0.1, 0.15) is 44.2 Å². The number of hydrogen-bond donors (Lipinski definition) is 1. The van der Waals surface area contributed by atoms with Crippen molar-refractivity contribution in [3.05, 3.63) is 29.8 Å². The van der Waals surface area contributed by atoms with E-state index in [4.69, 9.17) is 0 Å². The van der Waals surface area contributed by atoms with Crippen molar-refractivity contribution in [1.29, 1.82) is 0 Å². The van der Waals surface area contributed by atoms with Crippen LogP contribution in [0.15, 0.2) is 24.3 Å². The molecule has 2 saturated heterocycles. The number of benzene rings is 1. The molecule has 2 unspecified atom stereocenters. The molecule has 110 valence electrons. The molecule has 0 aromatic heterocycles. The second kappa shape index (κ2) is 6.15. The predicted octanol–water partition coefficient (Wildman–Crippen LogP) is 3.01. The van der Waals surface area contributed by atoms with Crippen LogP contribution in [-0.2, 0) is 0 Å². The first-order chi connectivity index (χ1) is 9.78. The number of nitrogens with zero attached hydrogens (tertiary/aromatic N) is 2. The molecule has 2 aliphatic heterocycles. The molecule has 0 saturated carbocycles. The summed E-state index contributed by atoms with van der Waals surface area (Å²) in [5, 5.41) is 9.46. The van der Waals surface area contributed by atoms with Crippen molar-refractivity contribution in [2.45, 2.75) is 44.7 Å². The standard InChI is InChI=1S/C17H26N2O/c1-2-17(14-6-8-16(20)9-7-14)19-12-11-18-10-4-3-5-15(18)13-19/h6-9,15,17,20H,2-5,10-13H2,1H3. The van der Waals surface area contributed by atoms with E-state index in [-0.39, 0.29) is 0 Å². The highest BCUT2D eigenvalue weighted by atomic mass is 16.3. The van der Waals surface area contributed by atoms with Crippen LogP contribution < -0.4 is 0 Å². The first-order valence-electron chi connectivity index (χ1n) is 8.05. The van der Waals surface area contributed by atoms with Gasteiger partial charge in [-0.05, 0) is 43.5 Å². The summed E-state index contributed by atoms with van der Waals surface area (Å²) >= 11 is 0. The highest BCUT2D eigenvalue weighted by Gasteiger charge is 2.31. The van der Waals surface area contributed by atoms with E-state index in [2.05, 4.69) is 28.9 Å². The lowest BCUT2D eigenvalue weighted by atomic mass is 9.96. The summed E-state index contributed by atoms with van der Waals surface area (Å²) in [7, 11) is 0. The second-order valence-corrected chi connectivity index (χ2v) is 6.20. The molecule has 0 radical (unpaired) electrons. The maximum absolute atomic E-state index is 9.46. The van der Waals surface area contributed by atoms with Gasteiger partial charge >= 0.3 is 0 Å². The van der Waals surface area contributed by atoms with Crippen molar-refractivity contribution in [3.8, 4) is 5.75 Å². The first kappa shape index (κ1) is 13.9. The number of phenols is 1. The quantitative estimate of drug-likeness (QED) is 0.918. The van der Waals surface area contributed by atoms with Crippen LogP contribution in [-0.4, -0.2) is 47.1 Å². The summed E-state index contributed by atoms with van der Waals surface area (Å²) in [5.41, 5.74) is 1.34. The minimum absolute atomic E-state index is 0.362. The van der Waals surface area contributed by atoms with E-state index in [0.717, 1.165) is 12.5 Å². The Hall–Kier alpha value is -1.06. The highest BCUT2D eigenvalue weighted by molar-refractivity contribution is 5.28. The van der Waals surface area contributed by atoms with Crippen LogP contribution in [0.25, 0.3) is 0 Å². The monoisotopic (exact) mass is 274 g/mol. The zero-order valence-electron chi connectivity index (χ0n) is 12.5. The Bertz CT molecular complexity index is 431. The maximum atomic E-state index is 9.46. The van der Waals surface area contributed by atoms with E-state index >= 15 is 0 Å². The molecule has 2 atom stereocenters. The molecule has 2 heterocycles. The Morgan fingerprint density at radius 3 is 2.70 bits per heavy atom. The van der Waals surface area contributed by atoms with Gasteiger partial charge in [-0.3, -0.25) is 9.80 Å². The molecule has 1 aromatic carbocycles. The van der Waals surface area contributed by atoms with Crippen molar-refractivity contribution in [2.75, 3.05) is 26.2 Å². The molecule has 20 heavy (non-hydrogen) atoms.